The Hall–Kier alpha value is -0.780. The number of aliphatic hydroxyl groups excluding tert-OH is 1. The molecule has 5 heteroatoms. The average Bonchev–Trinajstić information content (AvgIpc) is 2.31. The van der Waals surface area contributed by atoms with Crippen molar-refractivity contribution in [2.24, 2.45) is 0 Å². The third kappa shape index (κ3) is 3.22. The Morgan fingerprint density at radius 1 is 1.00 bits per heavy atom. The molecule has 0 saturated carbocycles. The first kappa shape index (κ1) is 14.6. The summed E-state index contributed by atoms with van der Waals surface area (Å²) >= 11 is 6.22. The smallest absolute Gasteiger partial charge is 0.137 e. The van der Waals surface area contributed by atoms with E-state index in [9.17, 15) is 13.9 Å². The largest absolute Gasteiger partial charge is 0.384 e. The molecular formula is C14H10Br2F2O. The lowest BCUT2D eigenvalue weighted by Gasteiger charge is -2.14. The van der Waals surface area contributed by atoms with Gasteiger partial charge in [0.05, 0.1) is 4.47 Å². The van der Waals surface area contributed by atoms with Gasteiger partial charge in [-0.05, 0) is 58.2 Å². The molecule has 2 aromatic carbocycles. The summed E-state index contributed by atoms with van der Waals surface area (Å²) in [6, 6.07) is 7.29. The molecule has 0 fully saturated rings. The van der Waals surface area contributed by atoms with Crippen LogP contribution in [-0.4, -0.2) is 5.11 Å². The molecule has 1 atom stereocenters. The van der Waals surface area contributed by atoms with Crippen LogP contribution in [0, 0.1) is 18.6 Å². The highest BCUT2D eigenvalue weighted by atomic mass is 79.9. The standard InChI is InChI=1S/C14H10Br2F2O/c1-7-2-8(4-9(15)3-7)14(19)10-5-13(18)11(16)6-12(10)17/h2-6,14,19H,1H3. The number of hydrogen-bond acceptors (Lipinski definition) is 1. The number of aliphatic hydroxyl groups is 1. The van der Waals surface area contributed by atoms with E-state index in [2.05, 4.69) is 31.9 Å². The van der Waals surface area contributed by atoms with Crippen LogP contribution in [0.5, 0.6) is 0 Å². The second-order valence-electron chi connectivity index (χ2n) is 4.25. The van der Waals surface area contributed by atoms with E-state index >= 15 is 0 Å². The van der Waals surface area contributed by atoms with Crippen LogP contribution in [0.3, 0.4) is 0 Å². The second kappa shape index (κ2) is 5.69. The molecule has 0 aromatic heterocycles. The summed E-state index contributed by atoms with van der Waals surface area (Å²) in [5, 5.41) is 10.2. The molecule has 0 aliphatic heterocycles. The van der Waals surface area contributed by atoms with Gasteiger partial charge in [-0.1, -0.05) is 22.0 Å². The molecule has 19 heavy (non-hydrogen) atoms. The molecule has 0 aliphatic rings. The lowest BCUT2D eigenvalue weighted by Crippen LogP contribution is -2.04. The fourth-order valence-corrected chi connectivity index (χ4v) is 2.79. The van der Waals surface area contributed by atoms with Crippen molar-refractivity contribution >= 4 is 31.9 Å². The van der Waals surface area contributed by atoms with E-state index in [1.807, 2.05) is 13.0 Å². The third-order valence-electron chi connectivity index (χ3n) is 2.71. The first-order valence-electron chi connectivity index (χ1n) is 5.48. The topological polar surface area (TPSA) is 20.2 Å². The van der Waals surface area contributed by atoms with Crippen molar-refractivity contribution in [1.82, 2.24) is 0 Å². The van der Waals surface area contributed by atoms with Gasteiger partial charge in [0.2, 0.25) is 0 Å². The SMILES string of the molecule is Cc1cc(Br)cc(C(O)c2cc(F)c(Br)cc2F)c1. The van der Waals surface area contributed by atoms with Gasteiger partial charge in [-0.2, -0.15) is 0 Å². The van der Waals surface area contributed by atoms with Crippen molar-refractivity contribution in [1.29, 1.82) is 0 Å². The minimum Gasteiger partial charge on any atom is -0.384 e. The molecular weight excluding hydrogens is 382 g/mol. The molecule has 0 saturated heterocycles. The van der Waals surface area contributed by atoms with E-state index in [4.69, 9.17) is 0 Å². The summed E-state index contributed by atoms with van der Waals surface area (Å²) in [5.74, 6) is -1.26. The molecule has 2 aromatic rings. The van der Waals surface area contributed by atoms with Gasteiger partial charge in [0, 0.05) is 10.0 Å². The summed E-state index contributed by atoms with van der Waals surface area (Å²) in [7, 11) is 0. The molecule has 1 unspecified atom stereocenters. The van der Waals surface area contributed by atoms with E-state index in [1.165, 1.54) is 0 Å². The van der Waals surface area contributed by atoms with Crippen molar-refractivity contribution < 1.29 is 13.9 Å². The monoisotopic (exact) mass is 390 g/mol. The van der Waals surface area contributed by atoms with Crippen LogP contribution in [-0.2, 0) is 0 Å². The van der Waals surface area contributed by atoms with Crippen LogP contribution in [0.1, 0.15) is 22.8 Å². The Kier molecular flexibility index (Phi) is 4.38. The number of benzene rings is 2. The van der Waals surface area contributed by atoms with Gasteiger partial charge < -0.3 is 5.11 Å². The minimum atomic E-state index is -1.21. The highest BCUT2D eigenvalue weighted by Crippen LogP contribution is 2.30. The van der Waals surface area contributed by atoms with Gasteiger partial charge in [-0.3, -0.25) is 0 Å². The zero-order valence-corrected chi connectivity index (χ0v) is 13.1. The zero-order valence-electron chi connectivity index (χ0n) is 9.92. The molecule has 0 bridgehead atoms. The van der Waals surface area contributed by atoms with Crippen LogP contribution in [0.4, 0.5) is 8.78 Å². The van der Waals surface area contributed by atoms with E-state index in [0.29, 0.717) is 5.56 Å². The predicted molar refractivity (Wildman–Crippen MR) is 77.0 cm³/mol. The summed E-state index contributed by atoms with van der Waals surface area (Å²) in [4.78, 5) is 0. The first-order valence-corrected chi connectivity index (χ1v) is 7.06. The quantitative estimate of drug-likeness (QED) is 0.723. The van der Waals surface area contributed by atoms with Gasteiger partial charge in [0.1, 0.15) is 17.7 Å². The first-order chi connectivity index (χ1) is 8.88. The third-order valence-corrected chi connectivity index (χ3v) is 3.78. The summed E-state index contributed by atoms with van der Waals surface area (Å²) in [5.41, 5.74) is 1.34. The van der Waals surface area contributed by atoms with Gasteiger partial charge >= 0.3 is 0 Å². The van der Waals surface area contributed by atoms with Crippen LogP contribution < -0.4 is 0 Å². The molecule has 100 valence electrons. The normalized spacial score (nSPS) is 12.5. The Morgan fingerprint density at radius 2 is 1.68 bits per heavy atom. The maximum absolute atomic E-state index is 13.8. The van der Waals surface area contributed by atoms with Gasteiger partial charge in [-0.15, -0.1) is 0 Å². The molecule has 0 spiro atoms. The molecule has 1 nitrogen and oxygen atoms in total. The molecule has 0 aliphatic carbocycles. The highest BCUT2D eigenvalue weighted by molar-refractivity contribution is 9.10. The van der Waals surface area contributed by atoms with Gasteiger partial charge in [-0.25, -0.2) is 8.78 Å². The van der Waals surface area contributed by atoms with Crippen LogP contribution in [0.2, 0.25) is 0 Å². The average molecular weight is 392 g/mol. The van der Waals surface area contributed by atoms with Crippen LogP contribution in [0.15, 0.2) is 39.3 Å². The molecule has 0 heterocycles. The Bertz CT molecular complexity index is 609. The number of aryl methyl sites for hydroxylation is 1. The van der Waals surface area contributed by atoms with Crippen molar-refractivity contribution in [3.63, 3.8) is 0 Å². The van der Waals surface area contributed by atoms with Crippen molar-refractivity contribution in [3.05, 3.63) is 67.6 Å². The second-order valence-corrected chi connectivity index (χ2v) is 6.02. The highest BCUT2D eigenvalue weighted by Gasteiger charge is 2.18. The fourth-order valence-electron chi connectivity index (χ4n) is 1.85. The van der Waals surface area contributed by atoms with Crippen molar-refractivity contribution in [2.45, 2.75) is 13.0 Å². The zero-order chi connectivity index (χ0) is 14.2. The predicted octanol–water partition coefficient (Wildman–Crippen LogP) is 4.88. The van der Waals surface area contributed by atoms with E-state index in [0.717, 1.165) is 22.2 Å². The molecule has 0 radical (unpaired) electrons. The van der Waals surface area contributed by atoms with E-state index in [-0.39, 0.29) is 10.0 Å². The summed E-state index contributed by atoms with van der Waals surface area (Å²) < 4.78 is 28.1. The summed E-state index contributed by atoms with van der Waals surface area (Å²) in [6.07, 6.45) is -1.21. The maximum atomic E-state index is 13.8. The Morgan fingerprint density at radius 3 is 2.32 bits per heavy atom. The minimum absolute atomic E-state index is 0.0337. The van der Waals surface area contributed by atoms with Crippen LogP contribution in [0.25, 0.3) is 0 Å². The lowest BCUT2D eigenvalue weighted by atomic mass is 9.99. The number of rotatable bonds is 2. The van der Waals surface area contributed by atoms with E-state index in [1.54, 1.807) is 12.1 Å². The fraction of sp³-hybridized carbons (Fsp3) is 0.143. The van der Waals surface area contributed by atoms with Gasteiger partial charge in [0.15, 0.2) is 0 Å². The van der Waals surface area contributed by atoms with Gasteiger partial charge in [0.25, 0.3) is 0 Å². The van der Waals surface area contributed by atoms with Crippen LogP contribution >= 0.6 is 31.9 Å². The Balaban J connectivity index is 2.49. The summed E-state index contributed by atoms with van der Waals surface area (Å²) in [6.45, 7) is 1.86. The maximum Gasteiger partial charge on any atom is 0.137 e. The molecule has 2 rings (SSSR count). The Labute approximate surface area is 126 Å². The van der Waals surface area contributed by atoms with Crippen molar-refractivity contribution in [2.75, 3.05) is 0 Å². The van der Waals surface area contributed by atoms with E-state index < -0.39 is 17.7 Å². The lowest BCUT2D eigenvalue weighted by molar-refractivity contribution is 0.214. The molecule has 0 amide bonds. The number of halogens is 4. The number of hydrogen-bond donors (Lipinski definition) is 1. The van der Waals surface area contributed by atoms with Crippen molar-refractivity contribution in [3.8, 4) is 0 Å². The molecule has 1 N–H and O–H groups in total.